The molecule has 3 rings (SSSR count). The number of nitrogens with zero attached hydrogens (tertiary/aromatic N) is 1. The van der Waals surface area contributed by atoms with Crippen LogP contribution < -0.4 is 10.6 Å². The number of sulfonamides is 1. The first-order chi connectivity index (χ1) is 14.0. The molecule has 1 saturated heterocycles. The lowest BCUT2D eigenvalue weighted by atomic mass is 9.96. The molecule has 1 aromatic carbocycles. The number of carbonyl (C=O) groups is 1. The normalized spacial score (nSPS) is 21.1. The molecular formula is C21H33N3O4S. The van der Waals surface area contributed by atoms with Crippen molar-refractivity contribution in [3.8, 4) is 0 Å². The lowest BCUT2D eigenvalue weighted by Gasteiger charge is -2.26. The van der Waals surface area contributed by atoms with Crippen molar-refractivity contribution in [2.45, 2.75) is 68.8 Å². The number of anilines is 1. The predicted octanol–water partition coefficient (Wildman–Crippen LogP) is 2.74. The summed E-state index contributed by atoms with van der Waals surface area (Å²) < 4.78 is 32.3. The van der Waals surface area contributed by atoms with Gasteiger partial charge in [0.15, 0.2) is 0 Å². The lowest BCUT2D eigenvalue weighted by molar-refractivity contribution is -0.118. The van der Waals surface area contributed by atoms with E-state index in [0.717, 1.165) is 12.8 Å². The van der Waals surface area contributed by atoms with Crippen LogP contribution in [0.15, 0.2) is 29.2 Å². The first-order valence-corrected chi connectivity index (χ1v) is 12.2. The maximum Gasteiger partial charge on any atom is 0.243 e. The smallest absolute Gasteiger partial charge is 0.243 e. The van der Waals surface area contributed by atoms with Crippen molar-refractivity contribution in [1.29, 1.82) is 0 Å². The van der Waals surface area contributed by atoms with Gasteiger partial charge in [0.05, 0.1) is 24.2 Å². The summed E-state index contributed by atoms with van der Waals surface area (Å²) in [7, 11) is -3.58. The van der Waals surface area contributed by atoms with Crippen molar-refractivity contribution >= 4 is 21.6 Å². The van der Waals surface area contributed by atoms with Crippen LogP contribution in [0.1, 0.15) is 51.9 Å². The Balaban J connectivity index is 1.60. The van der Waals surface area contributed by atoms with Crippen LogP contribution >= 0.6 is 0 Å². The van der Waals surface area contributed by atoms with Crippen molar-refractivity contribution in [2.75, 3.05) is 31.6 Å². The van der Waals surface area contributed by atoms with Crippen molar-refractivity contribution in [3.05, 3.63) is 24.3 Å². The molecular weight excluding hydrogens is 390 g/mol. The van der Waals surface area contributed by atoms with Gasteiger partial charge in [-0.15, -0.1) is 0 Å². The Hall–Kier alpha value is -1.48. The van der Waals surface area contributed by atoms with E-state index in [1.54, 1.807) is 18.2 Å². The Morgan fingerprint density at radius 1 is 1.10 bits per heavy atom. The third-order valence-electron chi connectivity index (χ3n) is 5.69. The Labute approximate surface area is 174 Å². The number of benzene rings is 1. The zero-order valence-corrected chi connectivity index (χ0v) is 18.0. The molecule has 7 nitrogen and oxygen atoms in total. The van der Waals surface area contributed by atoms with Crippen LogP contribution in [-0.2, 0) is 19.6 Å². The van der Waals surface area contributed by atoms with Crippen molar-refractivity contribution in [1.82, 2.24) is 9.62 Å². The molecule has 0 aromatic heterocycles. The molecule has 29 heavy (non-hydrogen) atoms. The summed E-state index contributed by atoms with van der Waals surface area (Å²) in [5.74, 6) is -0.145. The molecule has 1 saturated carbocycles. The number of hydrogen-bond donors (Lipinski definition) is 2. The molecule has 1 heterocycles. The van der Waals surface area contributed by atoms with Crippen molar-refractivity contribution in [3.63, 3.8) is 0 Å². The van der Waals surface area contributed by atoms with Gasteiger partial charge in [0.2, 0.25) is 15.9 Å². The third-order valence-corrected chi connectivity index (χ3v) is 7.59. The quantitative estimate of drug-likeness (QED) is 0.735. The molecule has 0 unspecified atom stereocenters. The highest BCUT2D eigenvalue weighted by Crippen LogP contribution is 2.21. The van der Waals surface area contributed by atoms with Crippen molar-refractivity contribution < 1.29 is 17.9 Å². The second kappa shape index (κ2) is 10.5. The minimum Gasteiger partial charge on any atom is -0.379 e. The highest BCUT2D eigenvalue weighted by atomic mass is 32.2. The average molecular weight is 424 g/mol. The fourth-order valence-corrected chi connectivity index (χ4v) is 5.43. The van der Waals surface area contributed by atoms with Crippen molar-refractivity contribution in [2.24, 2.45) is 0 Å². The maximum atomic E-state index is 12.8. The van der Waals surface area contributed by atoms with E-state index in [1.165, 1.54) is 42.5 Å². The molecule has 1 aliphatic heterocycles. The molecule has 0 spiro atoms. The maximum absolute atomic E-state index is 12.8. The first kappa shape index (κ1) is 22.2. The van der Waals surface area contributed by atoms with E-state index >= 15 is 0 Å². The van der Waals surface area contributed by atoms with E-state index in [9.17, 15) is 13.2 Å². The summed E-state index contributed by atoms with van der Waals surface area (Å²) in [6.45, 7) is 3.37. The number of hydrogen-bond acceptors (Lipinski definition) is 5. The van der Waals surface area contributed by atoms with E-state index in [1.807, 2.05) is 6.92 Å². The molecule has 2 aliphatic rings. The van der Waals surface area contributed by atoms with Crippen LogP contribution in [0, 0.1) is 0 Å². The number of morpholine rings is 1. The molecule has 1 atom stereocenters. The van der Waals surface area contributed by atoms with Crippen LogP contribution in [0.25, 0.3) is 0 Å². The second-order valence-corrected chi connectivity index (χ2v) is 9.90. The summed E-state index contributed by atoms with van der Waals surface area (Å²) in [4.78, 5) is 12.8. The Kier molecular flexibility index (Phi) is 8.06. The van der Waals surface area contributed by atoms with Gasteiger partial charge in [0.25, 0.3) is 0 Å². The fourth-order valence-electron chi connectivity index (χ4n) is 3.97. The Bertz CT molecular complexity index is 770. The van der Waals surface area contributed by atoms with Crippen LogP contribution in [0.3, 0.4) is 0 Å². The summed E-state index contributed by atoms with van der Waals surface area (Å²) in [6.07, 6.45) is 8.45. The van der Waals surface area contributed by atoms with Gasteiger partial charge in [-0.1, -0.05) is 38.2 Å². The van der Waals surface area contributed by atoms with E-state index in [4.69, 9.17) is 4.74 Å². The number of ether oxygens (including phenoxy) is 1. The van der Waals surface area contributed by atoms with Gasteiger partial charge in [-0.05, 0) is 38.0 Å². The van der Waals surface area contributed by atoms with Gasteiger partial charge in [-0.2, -0.15) is 4.31 Å². The average Bonchev–Trinajstić information content (AvgIpc) is 2.70. The topological polar surface area (TPSA) is 87.7 Å². The minimum absolute atomic E-state index is 0.145. The number of amides is 1. The zero-order valence-electron chi connectivity index (χ0n) is 17.2. The molecule has 1 amide bonds. The van der Waals surface area contributed by atoms with E-state index in [-0.39, 0.29) is 16.8 Å². The monoisotopic (exact) mass is 423 g/mol. The molecule has 162 valence electrons. The molecule has 1 aromatic rings. The fraction of sp³-hybridized carbons (Fsp3) is 0.667. The molecule has 1 aliphatic carbocycles. The first-order valence-electron chi connectivity index (χ1n) is 10.7. The molecule has 8 heteroatoms. The predicted molar refractivity (Wildman–Crippen MR) is 113 cm³/mol. The highest BCUT2D eigenvalue weighted by molar-refractivity contribution is 7.89. The summed E-state index contributed by atoms with van der Waals surface area (Å²) in [5, 5.41) is 6.32. The van der Waals surface area contributed by atoms with Crippen LogP contribution in [-0.4, -0.2) is 57.0 Å². The summed E-state index contributed by atoms with van der Waals surface area (Å²) in [6, 6.07) is 6.51. The number of nitrogens with one attached hydrogen (secondary N) is 2. The number of rotatable bonds is 6. The Morgan fingerprint density at radius 3 is 2.45 bits per heavy atom. The van der Waals surface area contributed by atoms with Crippen LogP contribution in [0.2, 0.25) is 0 Å². The second-order valence-electron chi connectivity index (χ2n) is 7.96. The van der Waals surface area contributed by atoms with Gasteiger partial charge < -0.3 is 15.4 Å². The van der Waals surface area contributed by atoms with Gasteiger partial charge in [0.1, 0.15) is 0 Å². The Morgan fingerprint density at radius 2 is 1.76 bits per heavy atom. The largest absolute Gasteiger partial charge is 0.379 e. The van der Waals surface area contributed by atoms with Crippen LogP contribution in [0.4, 0.5) is 5.69 Å². The van der Waals surface area contributed by atoms with Gasteiger partial charge in [-0.25, -0.2) is 8.42 Å². The molecule has 2 N–H and O–H groups in total. The number of carbonyl (C=O) groups excluding carboxylic acids is 1. The van der Waals surface area contributed by atoms with E-state index in [2.05, 4.69) is 10.6 Å². The molecule has 0 bridgehead atoms. The lowest BCUT2D eigenvalue weighted by Crippen LogP contribution is -2.44. The van der Waals surface area contributed by atoms with Crippen LogP contribution in [0.5, 0.6) is 0 Å². The molecule has 2 fully saturated rings. The van der Waals surface area contributed by atoms with E-state index < -0.39 is 10.0 Å². The standard InChI is InChI=1S/C21H33N3O4S/c1-17(22-18-8-5-3-2-4-6-9-18)21(25)23-19-10-7-11-20(16-19)29(26,27)24-12-14-28-15-13-24/h7,10-11,16-18,22H,2-6,8-9,12-15H2,1H3,(H,23,25)/t17-/m1/s1. The highest BCUT2D eigenvalue weighted by Gasteiger charge is 2.27. The van der Waals surface area contributed by atoms with Gasteiger partial charge >= 0.3 is 0 Å². The molecule has 0 radical (unpaired) electrons. The van der Waals surface area contributed by atoms with Gasteiger partial charge in [0, 0.05) is 24.8 Å². The van der Waals surface area contributed by atoms with Gasteiger partial charge in [-0.3, -0.25) is 4.79 Å². The SMILES string of the molecule is C[C@@H](NC1CCCCCCC1)C(=O)Nc1cccc(S(=O)(=O)N2CCOCC2)c1. The summed E-state index contributed by atoms with van der Waals surface area (Å²) in [5.41, 5.74) is 0.496. The zero-order chi connectivity index (χ0) is 20.7. The third kappa shape index (κ3) is 6.25. The summed E-state index contributed by atoms with van der Waals surface area (Å²) >= 11 is 0. The van der Waals surface area contributed by atoms with E-state index in [0.29, 0.717) is 38.0 Å². The minimum atomic E-state index is -3.58.